The van der Waals surface area contributed by atoms with Crippen molar-refractivity contribution in [2.75, 3.05) is 26.5 Å². The van der Waals surface area contributed by atoms with Gasteiger partial charge < -0.3 is 15.0 Å². The highest BCUT2D eigenvalue weighted by molar-refractivity contribution is 6.04. The molecule has 28 heavy (non-hydrogen) atoms. The number of hydrogen-bond acceptors (Lipinski definition) is 5. The van der Waals surface area contributed by atoms with Crippen LogP contribution in [0.5, 0.6) is 5.75 Å². The smallest absolute Gasteiger partial charge is 0.253 e. The molecule has 2 aromatic carbocycles. The molecule has 0 unspecified atom stereocenters. The van der Waals surface area contributed by atoms with E-state index in [1.807, 2.05) is 24.3 Å². The molecule has 0 saturated carbocycles. The molecule has 1 aromatic heterocycles. The van der Waals surface area contributed by atoms with E-state index in [1.54, 1.807) is 44.6 Å². The molecule has 3 aromatic rings. The van der Waals surface area contributed by atoms with Crippen molar-refractivity contribution < 1.29 is 14.3 Å². The molecule has 0 aliphatic rings. The maximum absolute atomic E-state index is 12.3. The number of para-hydroxylation sites is 2. The fraction of sp³-hybridized carbons (Fsp3) is 0.143. The van der Waals surface area contributed by atoms with Crippen molar-refractivity contribution in [2.24, 2.45) is 0 Å². The van der Waals surface area contributed by atoms with Crippen molar-refractivity contribution in [2.45, 2.75) is 0 Å². The number of methoxy groups -OCH3 is 1. The normalized spacial score (nSPS) is 10.8. The van der Waals surface area contributed by atoms with Crippen LogP contribution in [0.3, 0.4) is 0 Å². The summed E-state index contributed by atoms with van der Waals surface area (Å²) in [7, 11) is 4.83. The highest BCUT2D eigenvalue weighted by atomic mass is 16.5. The number of nitrogens with zero attached hydrogens (tertiary/aromatic N) is 3. The van der Waals surface area contributed by atoms with E-state index in [-0.39, 0.29) is 11.8 Å². The van der Waals surface area contributed by atoms with Gasteiger partial charge >= 0.3 is 0 Å². The lowest BCUT2D eigenvalue weighted by molar-refractivity contribution is -0.111. The number of carbonyl (C=O) groups excluding carboxylic acids is 2. The Bertz CT molecular complexity index is 1060. The molecule has 0 aliphatic carbocycles. The largest absolute Gasteiger partial charge is 0.495 e. The fourth-order valence-corrected chi connectivity index (χ4v) is 2.58. The molecular weight excluding hydrogens is 356 g/mol. The van der Waals surface area contributed by atoms with Crippen molar-refractivity contribution >= 4 is 34.6 Å². The van der Waals surface area contributed by atoms with E-state index in [0.29, 0.717) is 22.7 Å². The van der Waals surface area contributed by atoms with E-state index in [4.69, 9.17) is 4.74 Å². The molecular formula is C21H20N4O3. The first-order chi connectivity index (χ1) is 13.5. The summed E-state index contributed by atoms with van der Waals surface area (Å²) in [6.07, 6.45) is 4.54. The molecule has 0 saturated heterocycles. The second-order valence-corrected chi connectivity index (χ2v) is 6.22. The first-order valence-electron chi connectivity index (χ1n) is 8.58. The third-order valence-electron chi connectivity index (χ3n) is 3.98. The number of hydrogen-bond donors (Lipinski definition) is 1. The Balaban J connectivity index is 1.78. The Morgan fingerprint density at radius 2 is 1.86 bits per heavy atom. The van der Waals surface area contributed by atoms with Crippen molar-refractivity contribution in [3.63, 3.8) is 0 Å². The van der Waals surface area contributed by atoms with E-state index < -0.39 is 0 Å². The van der Waals surface area contributed by atoms with Gasteiger partial charge in [-0.1, -0.05) is 12.1 Å². The number of amides is 2. The van der Waals surface area contributed by atoms with Gasteiger partial charge in [-0.3, -0.25) is 14.6 Å². The van der Waals surface area contributed by atoms with Crippen LogP contribution in [0.4, 0.5) is 5.69 Å². The van der Waals surface area contributed by atoms with E-state index in [9.17, 15) is 9.59 Å². The molecule has 0 radical (unpaired) electrons. The summed E-state index contributed by atoms with van der Waals surface area (Å²) in [5, 5.41) is 2.73. The summed E-state index contributed by atoms with van der Waals surface area (Å²) >= 11 is 0. The summed E-state index contributed by atoms with van der Waals surface area (Å²) in [5.74, 6) is -0.0783. The predicted octanol–water partition coefficient (Wildman–Crippen LogP) is 2.99. The number of anilines is 1. The Morgan fingerprint density at radius 1 is 1.11 bits per heavy atom. The zero-order valence-electron chi connectivity index (χ0n) is 15.8. The van der Waals surface area contributed by atoms with Gasteiger partial charge in [-0.25, -0.2) is 4.98 Å². The van der Waals surface area contributed by atoms with Crippen LogP contribution in [0.15, 0.2) is 54.7 Å². The molecule has 142 valence electrons. The van der Waals surface area contributed by atoms with Crippen LogP contribution < -0.4 is 10.1 Å². The van der Waals surface area contributed by atoms with Gasteiger partial charge in [-0.15, -0.1) is 0 Å². The molecule has 1 N–H and O–H groups in total. The van der Waals surface area contributed by atoms with Crippen LogP contribution in [0.2, 0.25) is 0 Å². The zero-order chi connectivity index (χ0) is 20.1. The van der Waals surface area contributed by atoms with Gasteiger partial charge in [0.15, 0.2) is 0 Å². The molecule has 0 bridgehead atoms. The van der Waals surface area contributed by atoms with Gasteiger partial charge in [0.25, 0.3) is 5.91 Å². The molecule has 0 aliphatic heterocycles. The van der Waals surface area contributed by atoms with E-state index in [0.717, 1.165) is 11.0 Å². The molecule has 2 amide bonds. The maximum atomic E-state index is 12.3. The van der Waals surface area contributed by atoms with Gasteiger partial charge in [0, 0.05) is 25.7 Å². The van der Waals surface area contributed by atoms with Crippen LogP contribution in [0.1, 0.15) is 16.1 Å². The van der Waals surface area contributed by atoms with Gasteiger partial charge in [-0.2, -0.15) is 0 Å². The van der Waals surface area contributed by atoms with Crippen LogP contribution in [-0.2, 0) is 4.79 Å². The molecule has 0 atom stereocenters. The van der Waals surface area contributed by atoms with E-state index in [2.05, 4.69) is 15.3 Å². The fourth-order valence-electron chi connectivity index (χ4n) is 2.58. The quantitative estimate of drug-likeness (QED) is 0.692. The minimum atomic E-state index is -0.372. The van der Waals surface area contributed by atoms with Crippen molar-refractivity contribution in [1.82, 2.24) is 14.9 Å². The molecule has 3 rings (SSSR count). The monoisotopic (exact) mass is 376 g/mol. The van der Waals surface area contributed by atoms with Crippen LogP contribution in [0, 0.1) is 0 Å². The molecule has 0 fully saturated rings. The average Bonchev–Trinajstić information content (AvgIpc) is 2.71. The second kappa shape index (κ2) is 8.30. The lowest BCUT2D eigenvalue weighted by Gasteiger charge is -2.14. The lowest BCUT2D eigenvalue weighted by atomic mass is 10.1. The molecule has 7 heteroatoms. The number of nitrogens with one attached hydrogen (secondary N) is 1. The summed E-state index contributed by atoms with van der Waals surface area (Å²) in [4.78, 5) is 34.7. The summed E-state index contributed by atoms with van der Waals surface area (Å²) in [5.41, 5.74) is 2.97. The number of ether oxygens (including phenoxy) is 1. The molecule has 7 nitrogen and oxygen atoms in total. The highest BCUT2D eigenvalue weighted by Gasteiger charge is 2.13. The van der Waals surface area contributed by atoms with Crippen molar-refractivity contribution in [1.29, 1.82) is 0 Å². The van der Waals surface area contributed by atoms with Gasteiger partial charge in [0.05, 0.1) is 35.7 Å². The van der Waals surface area contributed by atoms with Gasteiger partial charge in [0.2, 0.25) is 5.91 Å². The number of aromatic nitrogens is 2. The first kappa shape index (κ1) is 19.0. The van der Waals surface area contributed by atoms with E-state index in [1.165, 1.54) is 18.1 Å². The minimum Gasteiger partial charge on any atom is -0.495 e. The zero-order valence-corrected chi connectivity index (χ0v) is 15.8. The SMILES string of the molecule is COc1ccc(C(=O)N(C)C)cc1NC(=O)/C=C/c1cnc2ccccc2n1. The Morgan fingerprint density at radius 3 is 2.57 bits per heavy atom. The Labute approximate surface area is 162 Å². The van der Waals surface area contributed by atoms with Crippen molar-refractivity contribution in [3.8, 4) is 5.75 Å². The van der Waals surface area contributed by atoms with Gasteiger partial charge in [0.1, 0.15) is 5.75 Å². The number of benzene rings is 2. The summed E-state index contributed by atoms with van der Waals surface area (Å²) < 4.78 is 5.27. The third kappa shape index (κ3) is 4.32. The first-order valence-corrected chi connectivity index (χ1v) is 8.58. The second-order valence-electron chi connectivity index (χ2n) is 6.22. The number of fused-ring (bicyclic) bond motifs is 1. The Kier molecular flexibility index (Phi) is 5.64. The van der Waals surface area contributed by atoms with Crippen LogP contribution >= 0.6 is 0 Å². The standard InChI is InChI=1S/C21H20N4O3/c1-25(2)21(27)14-8-10-19(28-3)18(12-14)24-20(26)11-9-15-13-22-16-6-4-5-7-17(16)23-15/h4-13H,1-3H3,(H,24,26)/b11-9+. The Hall–Kier alpha value is -3.74. The predicted molar refractivity (Wildman–Crippen MR) is 108 cm³/mol. The van der Waals surface area contributed by atoms with Crippen LogP contribution in [0.25, 0.3) is 17.1 Å². The van der Waals surface area contributed by atoms with E-state index >= 15 is 0 Å². The average molecular weight is 376 g/mol. The third-order valence-corrected chi connectivity index (χ3v) is 3.98. The van der Waals surface area contributed by atoms with Gasteiger partial charge in [-0.05, 0) is 36.4 Å². The number of carbonyl (C=O) groups is 2. The minimum absolute atomic E-state index is 0.167. The summed E-state index contributed by atoms with van der Waals surface area (Å²) in [6, 6.07) is 12.4. The number of rotatable bonds is 5. The lowest BCUT2D eigenvalue weighted by Crippen LogP contribution is -2.22. The maximum Gasteiger partial charge on any atom is 0.253 e. The topological polar surface area (TPSA) is 84.4 Å². The van der Waals surface area contributed by atoms with Crippen molar-refractivity contribution in [3.05, 3.63) is 66.0 Å². The molecule has 0 spiro atoms. The van der Waals surface area contributed by atoms with Crippen LogP contribution in [-0.4, -0.2) is 47.9 Å². The summed E-state index contributed by atoms with van der Waals surface area (Å²) in [6.45, 7) is 0. The molecule has 1 heterocycles. The highest BCUT2D eigenvalue weighted by Crippen LogP contribution is 2.26.